The van der Waals surface area contributed by atoms with Gasteiger partial charge in [0.05, 0.1) is 6.04 Å². The van der Waals surface area contributed by atoms with Crippen LogP contribution in [-0.4, -0.2) is 6.54 Å². The summed E-state index contributed by atoms with van der Waals surface area (Å²) < 4.78 is 0. The van der Waals surface area contributed by atoms with Crippen molar-refractivity contribution >= 4 is 5.69 Å². The molecular weight excluding hydrogens is 230 g/mol. The first-order valence-corrected chi connectivity index (χ1v) is 6.90. The average molecular weight is 249 g/mol. The highest BCUT2D eigenvalue weighted by atomic mass is 15.2. The van der Waals surface area contributed by atoms with Crippen LogP contribution in [0.5, 0.6) is 0 Å². The maximum Gasteiger partial charge on any atom is 0.0576 e. The van der Waals surface area contributed by atoms with Gasteiger partial charge in [0.1, 0.15) is 0 Å². The SMILES string of the molecule is C=CC[C@H](c1ccccc1)N1CCc2ccccc21. The summed E-state index contributed by atoms with van der Waals surface area (Å²) in [7, 11) is 0. The molecule has 96 valence electrons. The Bertz CT molecular complexity index is 559. The molecule has 1 aliphatic rings. The fourth-order valence-corrected chi connectivity index (χ4v) is 2.96. The highest BCUT2D eigenvalue weighted by Crippen LogP contribution is 2.36. The molecule has 1 atom stereocenters. The van der Waals surface area contributed by atoms with Crippen LogP contribution in [0.25, 0.3) is 0 Å². The van der Waals surface area contributed by atoms with Crippen LogP contribution < -0.4 is 4.90 Å². The summed E-state index contributed by atoms with van der Waals surface area (Å²) in [5, 5.41) is 0. The first-order valence-electron chi connectivity index (χ1n) is 6.90. The van der Waals surface area contributed by atoms with Gasteiger partial charge in [0, 0.05) is 12.2 Å². The Kier molecular flexibility index (Phi) is 3.37. The Morgan fingerprint density at radius 3 is 2.58 bits per heavy atom. The number of fused-ring (bicyclic) bond motifs is 1. The van der Waals surface area contributed by atoms with Crippen molar-refractivity contribution in [2.45, 2.75) is 18.9 Å². The number of hydrogen-bond acceptors (Lipinski definition) is 1. The third-order valence-corrected chi connectivity index (χ3v) is 3.87. The standard InChI is InChI=1S/C18H19N/c1-2-8-17(15-9-4-3-5-10-15)19-14-13-16-11-6-7-12-18(16)19/h2-7,9-12,17H,1,8,13-14H2/t17-/m1/s1. The summed E-state index contributed by atoms with van der Waals surface area (Å²) in [5.74, 6) is 0. The van der Waals surface area contributed by atoms with E-state index >= 15 is 0 Å². The van der Waals surface area contributed by atoms with Crippen LogP contribution in [0, 0.1) is 0 Å². The van der Waals surface area contributed by atoms with E-state index in [0.29, 0.717) is 6.04 Å². The largest absolute Gasteiger partial charge is 0.364 e. The number of hydrogen-bond donors (Lipinski definition) is 0. The second kappa shape index (κ2) is 5.31. The van der Waals surface area contributed by atoms with Gasteiger partial charge in [0.2, 0.25) is 0 Å². The van der Waals surface area contributed by atoms with E-state index < -0.39 is 0 Å². The fourth-order valence-electron chi connectivity index (χ4n) is 2.96. The van der Waals surface area contributed by atoms with Crippen LogP contribution >= 0.6 is 0 Å². The van der Waals surface area contributed by atoms with E-state index in [-0.39, 0.29) is 0 Å². The average Bonchev–Trinajstić information content (AvgIpc) is 2.89. The Labute approximate surface area is 115 Å². The molecule has 0 radical (unpaired) electrons. The van der Waals surface area contributed by atoms with Crippen LogP contribution in [0.15, 0.2) is 67.3 Å². The summed E-state index contributed by atoms with van der Waals surface area (Å²) in [4.78, 5) is 2.52. The molecule has 19 heavy (non-hydrogen) atoms. The number of nitrogens with zero attached hydrogens (tertiary/aromatic N) is 1. The molecule has 0 N–H and O–H groups in total. The lowest BCUT2D eigenvalue weighted by Crippen LogP contribution is -2.26. The van der Waals surface area contributed by atoms with Gasteiger partial charge in [-0.25, -0.2) is 0 Å². The molecule has 2 aromatic carbocycles. The second-order valence-corrected chi connectivity index (χ2v) is 5.02. The molecule has 0 amide bonds. The van der Waals surface area contributed by atoms with Crippen molar-refractivity contribution in [3.8, 4) is 0 Å². The monoisotopic (exact) mass is 249 g/mol. The van der Waals surface area contributed by atoms with E-state index in [1.807, 2.05) is 6.08 Å². The molecule has 1 nitrogen and oxygen atoms in total. The van der Waals surface area contributed by atoms with Crippen LogP contribution in [0.2, 0.25) is 0 Å². The Morgan fingerprint density at radius 2 is 1.79 bits per heavy atom. The molecule has 1 heterocycles. The molecule has 0 unspecified atom stereocenters. The van der Waals surface area contributed by atoms with Crippen molar-refractivity contribution in [2.75, 3.05) is 11.4 Å². The lowest BCUT2D eigenvalue weighted by molar-refractivity contribution is 0.649. The van der Waals surface area contributed by atoms with Gasteiger partial charge in [-0.1, -0.05) is 54.6 Å². The fraction of sp³-hybridized carbons (Fsp3) is 0.222. The molecule has 0 saturated heterocycles. The smallest absolute Gasteiger partial charge is 0.0576 e. The molecule has 0 saturated carbocycles. The van der Waals surface area contributed by atoms with E-state index in [1.165, 1.54) is 16.8 Å². The lowest BCUT2D eigenvalue weighted by Gasteiger charge is -2.30. The number of anilines is 1. The molecular formula is C18H19N. The first-order chi connectivity index (χ1) is 9.40. The summed E-state index contributed by atoms with van der Waals surface area (Å²) in [6, 6.07) is 19.9. The number of benzene rings is 2. The predicted molar refractivity (Wildman–Crippen MR) is 81.5 cm³/mol. The van der Waals surface area contributed by atoms with Crippen molar-refractivity contribution in [1.82, 2.24) is 0 Å². The zero-order valence-electron chi connectivity index (χ0n) is 11.1. The van der Waals surface area contributed by atoms with Crippen molar-refractivity contribution in [1.29, 1.82) is 0 Å². The first kappa shape index (κ1) is 12.0. The van der Waals surface area contributed by atoms with E-state index in [9.17, 15) is 0 Å². The zero-order valence-corrected chi connectivity index (χ0v) is 11.1. The van der Waals surface area contributed by atoms with E-state index in [0.717, 1.165) is 19.4 Å². The minimum atomic E-state index is 0.405. The van der Waals surface area contributed by atoms with Crippen LogP contribution in [-0.2, 0) is 6.42 Å². The number of rotatable bonds is 4. The molecule has 0 fully saturated rings. The van der Waals surface area contributed by atoms with Gasteiger partial charge in [0.25, 0.3) is 0 Å². The van der Waals surface area contributed by atoms with Crippen molar-refractivity contribution in [3.63, 3.8) is 0 Å². The van der Waals surface area contributed by atoms with Crippen LogP contribution in [0.1, 0.15) is 23.6 Å². The molecule has 0 bridgehead atoms. The molecule has 1 aliphatic heterocycles. The van der Waals surface area contributed by atoms with E-state index in [4.69, 9.17) is 0 Å². The summed E-state index contributed by atoms with van der Waals surface area (Å²) >= 11 is 0. The molecule has 2 aromatic rings. The third-order valence-electron chi connectivity index (χ3n) is 3.87. The van der Waals surface area contributed by atoms with Gasteiger partial charge < -0.3 is 4.90 Å². The predicted octanol–water partition coefficient (Wildman–Crippen LogP) is 4.37. The maximum atomic E-state index is 3.93. The van der Waals surface area contributed by atoms with Gasteiger partial charge in [0.15, 0.2) is 0 Å². The van der Waals surface area contributed by atoms with Crippen molar-refractivity contribution in [3.05, 3.63) is 78.4 Å². The van der Waals surface area contributed by atoms with Crippen LogP contribution in [0.4, 0.5) is 5.69 Å². The Balaban J connectivity index is 1.96. The van der Waals surface area contributed by atoms with E-state index in [2.05, 4.69) is 66.1 Å². The van der Waals surface area contributed by atoms with Gasteiger partial charge in [-0.2, -0.15) is 0 Å². The molecule has 1 heteroatoms. The van der Waals surface area contributed by atoms with Gasteiger partial charge in [-0.15, -0.1) is 6.58 Å². The zero-order chi connectivity index (χ0) is 13.1. The maximum absolute atomic E-state index is 3.93. The van der Waals surface area contributed by atoms with Gasteiger partial charge >= 0.3 is 0 Å². The Morgan fingerprint density at radius 1 is 1.05 bits per heavy atom. The lowest BCUT2D eigenvalue weighted by atomic mass is 10.0. The molecule has 0 aromatic heterocycles. The van der Waals surface area contributed by atoms with Crippen molar-refractivity contribution < 1.29 is 0 Å². The summed E-state index contributed by atoms with van der Waals surface area (Å²) in [6.45, 7) is 5.03. The van der Waals surface area contributed by atoms with Gasteiger partial charge in [-0.05, 0) is 30.0 Å². The minimum Gasteiger partial charge on any atom is -0.364 e. The normalized spacial score (nSPS) is 15.1. The highest BCUT2D eigenvalue weighted by Gasteiger charge is 2.25. The molecule has 3 rings (SSSR count). The van der Waals surface area contributed by atoms with E-state index in [1.54, 1.807) is 0 Å². The summed E-state index contributed by atoms with van der Waals surface area (Å²) in [6.07, 6.45) is 4.16. The quantitative estimate of drug-likeness (QED) is 0.727. The number of para-hydroxylation sites is 1. The second-order valence-electron chi connectivity index (χ2n) is 5.02. The third kappa shape index (κ3) is 2.28. The van der Waals surface area contributed by atoms with Gasteiger partial charge in [-0.3, -0.25) is 0 Å². The van der Waals surface area contributed by atoms with Crippen LogP contribution in [0.3, 0.4) is 0 Å². The minimum absolute atomic E-state index is 0.405. The molecule has 0 spiro atoms. The Hall–Kier alpha value is -2.02. The molecule has 0 aliphatic carbocycles. The highest BCUT2D eigenvalue weighted by molar-refractivity contribution is 5.59. The summed E-state index contributed by atoms with van der Waals surface area (Å²) in [5.41, 5.74) is 4.23. The van der Waals surface area contributed by atoms with Crippen molar-refractivity contribution in [2.24, 2.45) is 0 Å². The topological polar surface area (TPSA) is 3.24 Å².